The number of halogens is 1. The molecule has 0 bridgehead atoms. The van der Waals surface area contributed by atoms with Crippen LogP contribution in [0.15, 0.2) is 72.8 Å². The third-order valence-corrected chi connectivity index (χ3v) is 5.62. The second-order valence-corrected chi connectivity index (χ2v) is 7.43. The summed E-state index contributed by atoms with van der Waals surface area (Å²) in [5.41, 5.74) is 4.11. The Morgan fingerprint density at radius 3 is 2.27 bits per heavy atom. The predicted octanol–water partition coefficient (Wildman–Crippen LogP) is 4.43. The van der Waals surface area contributed by atoms with E-state index in [4.69, 9.17) is 4.74 Å². The van der Waals surface area contributed by atoms with Crippen LogP contribution in [0.2, 0.25) is 0 Å². The highest BCUT2D eigenvalue weighted by atomic mass is 19.1. The number of nitrogens with zero attached hydrogens (tertiary/aromatic N) is 2. The van der Waals surface area contributed by atoms with Gasteiger partial charge in [0, 0.05) is 30.2 Å². The van der Waals surface area contributed by atoms with Crippen molar-refractivity contribution in [2.45, 2.75) is 6.17 Å². The van der Waals surface area contributed by atoms with Gasteiger partial charge in [0.25, 0.3) is 5.91 Å². The number of fused-ring (bicyclic) bond motifs is 1. The summed E-state index contributed by atoms with van der Waals surface area (Å²) < 4.78 is 18.9. The number of anilines is 3. The molecule has 6 heteroatoms. The van der Waals surface area contributed by atoms with Crippen LogP contribution in [-0.2, 0) is 4.74 Å². The van der Waals surface area contributed by atoms with Gasteiger partial charge in [0.2, 0.25) is 0 Å². The van der Waals surface area contributed by atoms with Gasteiger partial charge in [-0.2, -0.15) is 0 Å². The van der Waals surface area contributed by atoms with Crippen molar-refractivity contribution in [2.24, 2.45) is 0 Å². The summed E-state index contributed by atoms with van der Waals surface area (Å²) >= 11 is 0. The Kier molecular flexibility index (Phi) is 4.85. The minimum Gasteiger partial charge on any atom is -0.378 e. The molecule has 5 rings (SSSR count). The molecule has 30 heavy (non-hydrogen) atoms. The summed E-state index contributed by atoms with van der Waals surface area (Å²) in [6.45, 7) is 3.16. The zero-order valence-corrected chi connectivity index (χ0v) is 16.4. The van der Waals surface area contributed by atoms with E-state index in [1.54, 1.807) is 17.0 Å². The van der Waals surface area contributed by atoms with Crippen molar-refractivity contribution in [3.05, 3.63) is 89.7 Å². The molecule has 0 aromatic heterocycles. The Bertz CT molecular complexity index is 1050. The summed E-state index contributed by atoms with van der Waals surface area (Å²) in [6, 6.07) is 21.7. The van der Waals surface area contributed by atoms with Crippen LogP contribution in [-0.4, -0.2) is 32.2 Å². The molecule has 1 saturated heterocycles. The quantitative estimate of drug-likeness (QED) is 0.703. The highest BCUT2D eigenvalue weighted by Gasteiger charge is 2.34. The number of hydrogen-bond acceptors (Lipinski definition) is 4. The summed E-state index contributed by atoms with van der Waals surface area (Å²) in [4.78, 5) is 17.4. The van der Waals surface area contributed by atoms with Crippen LogP contribution in [0.25, 0.3) is 0 Å². The summed E-state index contributed by atoms with van der Waals surface area (Å²) in [5.74, 6) is -0.388. The lowest BCUT2D eigenvalue weighted by atomic mass is 10.0. The highest BCUT2D eigenvalue weighted by Crippen LogP contribution is 2.37. The second-order valence-electron chi connectivity index (χ2n) is 7.43. The van der Waals surface area contributed by atoms with Gasteiger partial charge in [0.1, 0.15) is 12.0 Å². The average molecular weight is 403 g/mol. The Morgan fingerprint density at radius 2 is 1.53 bits per heavy atom. The predicted molar refractivity (Wildman–Crippen MR) is 115 cm³/mol. The maximum absolute atomic E-state index is 13.5. The van der Waals surface area contributed by atoms with Gasteiger partial charge in [0.05, 0.1) is 18.8 Å². The number of para-hydroxylation sites is 1. The molecule has 2 aliphatic rings. The van der Waals surface area contributed by atoms with E-state index in [-0.39, 0.29) is 11.7 Å². The molecule has 0 unspecified atom stereocenters. The fourth-order valence-corrected chi connectivity index (χ4v) is 4.04. The lowest BCUT2D eigenvalue weighted by Gasteiger charge is -2.38. The number of carbonyl (C=O) groups is 1. The van der Waals surface area contributed by atoms with Crippen LogP contribution >= 0.6 is 0 Å². The van der Waals surface area contributed by atoms with E-state index < -0.39 is 6.17 Å². The van der Waals surface area contributed by atoms with Gasteiger partial charge in [-0.15, -0.1) is 0 Å². The van der Waals surface area contributed by atoms with Gasteiger partial charge in [-0.25, -0.2) is 4.39 Å². The highest BCUT2D eigenvalue weighted by molar-refractivity contribution is 6.12. The number of benzene rings is 3. The Hall–Kier alpha value is -3.38. The molecule has 0 spiro atoms. The van der Waals surface area contributed by atoms with Gasteiger partial charge in [0.15, 0.2) is 0 Å². The number of morpholine rings is 1. The van der Waals surface area contributed by atoms with Gasteiger partial charge >= 0.3 is 0 Å². The Morgan fingerprint density at radius 1 is 0.867 bits per heavy atom. The van der Waals surface area contributed by atoms with E-state index in [2.05, 4.69) is 10.2 Å². The number of amides is 1. The SMILES string of the molecule is O=C1c2ccccc2N[C@@H](c2ccc(F)cc2)N1c1ccc(N2CCOCC2)cc1. The van der Waals surface area contributed by atoms with E-state index >= 15 is 0 Å². The fraction of sp³-hybridized carbons (Fsp3) is 0.208. The van der Waals surface area contributed by atoms with E-state index in [0.29, 0.717) is 5.56 Å². The third-order valence-electron chi connectivity index (χ3n) is 5.62. The van der Waals surface area contributed by atoms with E-state index in [1.165, 1.54) is 12.1 Å². The largest absolute Gasteiger partial charge is 0.378 e. The lowest BCUT2D eigenvalue weighted by molar-refractivity contribution is 0.0975. The fourth-order valence-electron chi connectivity index (χ4n) is 4.04. The first-order valence-corrected chi connectivity index (χ1v) is 10.1. The molecule has 3 aromatic rings. The molecule has 0 saturated carbocycles. The number of nitrogens with one attached hydrogen (secondary N) is 1. The standard InChI is InChI=1S/C24H22FN3O2/c25-18-7-5-17(6-8-18)23-26-22-4-2-1-3-21(22)24(29)28(23)20-11-9-19(10-12-20)27-13-15-30-16-14-27/h1-12,23,26H,13-16H2/t23-/m1/s1. The molecule has 1 N–H and O–H groups in total. The van der Waals surface area contributed by atoms with Crippen LogP contribution < -0.4 is 15.1 Å². The zero-order chi connectivity index (χ0) is 20.5. The van der Waals surface area contributed by atoms with Crippen molar-refractivity contribution in [2.75, 3.05) is 41.4 Å². The lowest BCUT2D eigenvalue weighted by Crippen LogP contribution is -2.43. The maximum Gasteiger partial charge on any atom is 0.262 e. The van der Waals surface area contributed by atoms with Gasteiger partial charge in [-0.05, 0) is 54.1 Å². The van der Waals surface area contributed by atoms with Crippen molar-refractivity contribution >= 4 is 23.0 Å². The molecule has 1 amide bonds. The Balaban J connectivity index is 1.52. The summed E-state index contributed by atoms with van der Waals surface area (Å²) in [7, 11) is 0. The van der Waals surface area contributed by atoms with Crippen molar-refractivity contribution in [1.82, 2.24) is 0 Å². The minimum absolute atomic E-state index is 0.0854. The first kappa shape index (κ1) is 18.6. The van der Waals surface area contributed by atoms with E-state index in [9.17, 15) is 9.18 Å². The van der Waals surface area contributed by atoms with Crippen LogP contribution in [0.1, 0.15) is 22.1 Å². The molecule has 2 heterocycles. The van der Waals surface area contributed by atoms with Crippen LogP contribution in [0.4, 0.5) is 21.5 Å². The number of hydrogen-bond donors (Lipinski definition) is 1. The summed E-state index contributed by atoms with van der Waals surface area (Å²) in [6.07, 6.45) is -0.428. The van der Waals surface area contributed by atoms with Gasteiger partial charge in [-0.3, -0.25) is 9.69 Å². The van der Waals surface area contributed by atoms with Crippen molar-refractivity contribution in [3.63, 3.8) is 0 Å². The molecular weight excluding hydrogens is 381 g/mol. The number of ether oxygens (including phenoxy) is 1. The first-order chi connectivity index (χ1) is 14.7. The molecule has 3 aromatic carbocycles. The molecule has 152 valence electrons. The van der Waals surface area contributed by atoms with Crippen LogP contribution in [0.3, 0.4) is 0 Å². The van der Waals surface area contributed by atoms with Crippen molar-refractivity contribution in [3.8, 4) is 0 Å². The first-order valence-electron chi connectivity index (χ1n) is 10.1. The van der Waals surface area contributed by atoms with Crippen molar-refractivity contribution in [1.29, 1.82) is 0 Å². The molecule has 2 aliphatic heterocycles. The monoisotopic (exact) mass is 403 g/mol. The van der Waals surface area contributed by atoms with E-state index in [0.717, 1.165) is 48.9 Å². The van der Waals surface area contributed by atoms with E-state index in [1.807, 2.05) is 48.5 Å². The molecule has 1 fully saturated rings. The topological polar surface area (TPSA) is 44.8 Å². The molecule has 1 atom stereocenters. The zero-order valence-electron chi connectivity index (χ0n) is 16.4. The smallest absolute Gasteiger partial charge is 0.262 e. The maximum atomic E-state index is 13.5. The normalized spacial score (nSPS) is 18.7. The van der Waals surface area contributed by atoms with Crippen molar-refractivity contribution < 1.29 is 13.9 Å². The number of rotatable bonds is 3. The Labute approximate surface area is 174 Å². The summed E-state index contributed by atoms with van der Waals surface area (Å²) in [5, 5.41) is 3.45. The van der Waals surface area contributed by atoms with Crippen LogP contribution in [0, 0.1) is 5.82 Å². The third kappa shape index (κ3) is 3.39. The van der Waals surface area contributed by atoms with Crippen LogP contribution in [0.5, 0.6) is 0 Å². The molecule has 5 nitrogen and oxygen atoms in total. The van der Waals surface area contributed by atoms with Gasteiger partial charge in [-0.1, -0.05) is 24.3 Å². The molecular formula is C24H22FN3O2. The average Bonchev–Trinajstić information content (AvgIpc) is 2.80. The number of carbonyl (C=O) groups excluding carboxylic acids is 1. The second kappa shape index (κ2) is 7.80. The molecule has 0 aliphatic carbocycles. The van der Waals surface area contributed by atoms with Gasteiger partial charge < -0.3 is 15.0 Å². The minimum atomic E-state index is -0.428. The molecule has 0 radical (unpaired) electrons.